The van der Waals surface area contributed by atoms with Crippen molar-refractivity contribution in [3.8, 4) is 16.9 Å². The van der Waals surface area contributed by atoms with Gasteiger partial charge in [0.05, 0.1) is 25.9 Å². The second-order valence-corrected chi connectivity index (χ2v) is 13.0. The molecule has 49 heavy (non-hydrogen) atoms. The molecule has 9 nitrogen and oxygen atoms in total. The first kappa shape index (κ1) is 36.1. The summed E-state index contributed by atoms with van der Waals surface area (Å²) in [6.45, 7) is 0.396. The van der Waals surface area contributed by atoms with Gasteiger partial charge >= 0.3 is 0 Å². The number of rotatable bonds is 16. The van der Waals surface area contributed by atoms with E-state index in [4.69, 9.17) is 19.4 Å². The van der Waals surface area contributed by atoms with E-state index in [9.17, 15) is 14.7 Å². The monoisotopic (exact) mass is 684 g/mol. The van der Waals surface area contributed by atoms with E-state index in [0.29, 0.717) is 32.2 Å². The lowest BCUT2D eigenvalue weighted by Crippen LogP contribution is -2.31. The summed E-state index contributed by atoms with van der Waals surface area (Å²) in [4.78, 5) is 24.7. The smallest absolute Gasteiger partial charge is 0.243 e. The Balaban J connectivity index is 1.25. The molecule has 4 N–H and O–H groups in total. The number of para-hydroxylation sites is 1. The highest BCUT2D eigenvalue weighted by Gasteiger charge is 2.32. The molecule has 10 heteroatoms. The number of methoxy groups -OCH3 is 1. The van der Waals surface area contributed by atoms with E-state index in [1.54, 1.807) is 24.4 Å². The maximum Gasteiger partial charge on any atom is 0.243 e. The normalized spacial score (nSPS) is 17.3. The Morgan fingerprint density at radius 2 is 1.53 bits per heavy atom. The van der Waals surface area contributed by atoms with Crippen molar-refractivity contribution >= 4 is 23.6 Å². The molecule has 2 amide bonds. The van der Waals surface area contributed by atoms with Gasteiger partial charge in [0.2, 0.25) is 11.8 Å². The van der Waals surface area contributed by atoms with Crippen molar-refractivity contribution in [3.05, 3.63) is 119 Å². The van der Waals surface area contributed by atoms with Crippen LogP contribution in [0.5, 0.6) is 5.75 Å². The number of benzene rings is 4. The topological polar surface area (TPSA) is 126 Å². The highest BCUT2D eigenvalue weighted by atomic mass is 32.2. The largest absolute Gasteiger partial charge is 0.496 e. The molecule has 1 saturated heterocycles. The van der Waals surface area contributed by atoms with E-state index in [2.05, 4.69) is 23.5 Å². The van der Waals surface area contributed by atoms with E-state index >= 15 is 0 Å². The minimum atomic E-state index is -0.568. The lowest BCUT2D eigenvalue weighted by atomic mass is 9.97. The molecule has 0 aliphatic carbocycles. The van der Waals surface area contributed by atoms with Crippen LogP contribution < -0.4 is 15.5 Å². The summed E-state index contributed by atoms with van der Waals surface area (Å²) >= 11 is 1.70. The van der Waals surface area contributed by atoms with Crippen molar-refractivity contribution in [1.82, 2.24) is 10.8 Å². The average molecular weight is 685 g/mol. The number of ether oxygens (including phenoxy) is 3. The maximum absolute atomic E-state index is 12.5. The molecule has 4 aromatic rings. The molecular weight excluding hydrogens is 641 g/mol. The number of amides is 2. The molecule has 1 aliphatic heterocycles. The van der Waals surface area contributed by atoms with Crippen LogP contribution in [0.1, 0.15) is 73.2 Å². The quantitative estimate of drug-likeness (QED) is 0.0421. The first-order valence-electron chi connectivity index (χ1n) is 16.6. The molecule has 0 radical (unpaired) electrons. The summed E-state index contributed by atoms with van der Waals surface area (Å²) in [5.74, 6) is 1.11. The molecule has 0 aromatic heterocycles. The van der Waals surface area contributed by atoms with Crippen molar-refractivity contribution in [2.45, 2.75) is 75.1 Å². The van der Waals surface area contributed by atoms with E-state index in [1.165, 1.54) is 0 Å². The number of aliphatic hydroxyl groups is 1. The summed E-state index contributed by atoms with van der Waals surface area (Å²) in [6, 6.07) is 32.1. The van der Waals surface area contributed by atoms with Crippen molar-refractivity contribution in [2.75, 3.05) is 12.9 Å². The molecular formula is C39H44N2O7S. The molecule has 1 fully saturated rings. The number of nitrogens with one attached hydrogen (secondary N) is 2. The fraction of sp³-hybridized carbons (Fsp3) is 0.333. The van der Waals surface area contributed by atoms with Gasteiger partial charge < -0.3 is 24.6 Å². The van der Waals surface area contributed by atoms with Gasteiger partial charge in [-0.2, -0.15) is 0 Å². The van der Waals surface area contributed by atoms with Crippen molar-refractivity contribution in [1.29, 1.82) is 0 Å². The zero-order valence-electron chi connectivity index (χ0n) is 27.7. The second kappa shape index (κ2) is 18.5. The average Bonchev–Trinajstić information content (AvgIpc) is 3.16. The van der Waals surface area contributed by atoms with E-state index < -0.39 is 12.2 Å². The van der Waals surface area contributed by atoms with Gasteiger partial charge in [0.25, 0.3) is 0 Å². The fourth-order valence-electron chi connectivity index (χ4n) is 5.81. The third kappa shape index (κ3) is 10.4. The maximum atomic E-state index is 12.5. The van der Waals surface area contributed by atoms with Crippen LogP contribution in [0.15, 0.2) is 102 Å². The molecule has 5 rings (SSSR count). The second-order valence-electron chi connectivity index (χ2n) is 12.0. The van der Waals surface area contributed by atoms with Gasteiger partial charge in [-0.05, 0) is 52.8 Å². The zero-order chi connectivity index (χ0) is 34.4. The van der Waals surface area contributed by atoms with Gasteiger partial charge in [-0.3, -0.25) is 14.8 Å². The molecule has 1 aliphatic rings. The number of hydrogen-bond donors (Lipinski definition) is 4. The number of aliphatic hydroxyl groups excluding tert-OH is 1. The van der Waals surface area contributed by atoms with E-state index in [1.807, 2.05) is 78.9 Å². The van der Waals surface area contributed by atoms with Gasteiger partial charge in [-0.1, -0.05) is 91.3 Å². The first-order chi connectivity index (χ1) is 24.0. The first-order valence-corrected chi connectivity index (χ1v) is 17.6. The van der Waals surface area contributed by atoms with Crippen LogP contribution in [0.4, 0.5) is 0 Å². The Hall–Kier alpha value is -4.19. The lowest BCUT2D eigenvalue weighted by Gasteiger charge is -2.36. The third-order valence-corrected chi connectivity index (χ3v) is 9.72. The summed E-state index contributed by atoms with van der Waals surface area (Å²) in [7, 11) is 1.68. The lowest BCUT2D eigenvalue weighted by molar-refractivity contribution is -0.245. The number of hydroxylamine groups is 1. The van der Waals surface area contributed by atoms with Crippen molar-refractivity contribution < 1.29 is 34.1 Å². The van der Waals surface area contributed by atoms with E-state index in [-0.39, 0.29) is 31.1 Å². The molecule has 0 bridgehead atoms. The minimum absolute atomic E-state index is 0.00733. The highest BCUT2D eigenvalue weighted by molar-refractivity contribution is 7.99. The summed E-state index contributed by atoms with van der Waals surface area (Å²) in [5.41, 5.74) is 7.49. The van der Waals surface area contributed by atoms with Crippen molar-refractivity contribution in [3.63, 3.8) is 0 Å². The number of carbonyl (C=O) groups excluding carboxylic acids is 2. The minimum Gasteiger partial charge on any atom is -0.496 e. The fourth-order valence-corrected chi connectivity index (χ4v) is 6.85. The van der Waals surface area contributed by atoms with Crippen molar-refractivity contribution in [2.24, 2.45) is 0 Å². The number of unbranched alkanes of at least 4 members (excludes halogenated alkanes) is 2. The zero-order valence-corrected chi connectivity index (χ0v) is 28.5. The number of thioether (sulfide) groups is 1. The van der Waals surface area contributed by atoms with Gasteiger partial charge in [0.15, 0.2) is 6.29 Å². The van der Waals surface area contributed by atoms with Crippen LogP contribution in [-0.4, -0.2) is 41.1 Å². The summed E-state index contributed by atoms with van der Waals surface area (Å²) < 4.78 is 18.7. The van der Waals surface area contributed by atoms with Crippen LogP contribution in [-0.2, 0) is 32.2 Å². The number of hydrogen-bond acceptors (Lipinski definition) is 8. The van der Waals surface area contributed by atoms with E-state index in [0.717, 1.165) is 56.2 Å². The summed E-state index contributed by atoms with van der Waals surface area (Å²) in [6.07, 6.45) is 2.51. The number of carbonyl (C=O) groups is 2. The Labute approximate surface area is 292 Å². The predicted molar refractivity (Wildman–Crippen MR) is 189 cm³/mol. The molecule has 3 atom stereocenters. The third-order valence-electron chi connectivity index (χ3n) is 8.53. The van der Waals surface area contributed by atoms with Gasteiger partial charge in [0, 0.05) is 42.0 Å². The van der Waals surface area contributed by atoms with Crippen LogP contribution in [0.2, 0.25) is 0 Å². The molecule has 0 spiro atoms. The van der Waals surface area contributed by atoms with Gasteiger partial charge in [-0.25, -0.2) is 5.48 Å². The Kier molecular flexibility index (Phi) is 13.7. The molecule has 3 unspecified atom stereocenters. The molecule has 1 heterocycles. The standard InChI is InChI=1S/C39H44N2O7S/c1-46-34-11-7-8-12-36(34)49-26-32-23-35(29-17-15-27(25-42)16-18-29)48-39(47-32)30-21-19-28(20-22-30)33-10-6-5-9-31(33)24-40-37(43)13-3-2-4-14-38(44)41-45/h5-12,15-22,32,35,39,42,45H,2-4,13-14,23-26H2,1H3,(H,40,43)(H,41,44). The Morgan fingerprint density at radius 1 is 0.837 bits per heavy atom. The molecule has 258 valence electrons. The van der Waals surface area contributed by atoms with Crippen LogP contribution in [0, 0.1) is 0 Å². The van der Waals surface area contributed by atoms with Gasteiger partial charge in [0.1, 0.15) is 5.75 Å². The van der Waals surface area contributed by atoms with Crippen LogP contribution in [0.25, 0.3) is 11.1 Å². The Bertz CT molecular complexity index is 1650. The predicted octanol–water partition coefficient (Wildman–Crippen LogP) is 7.26. The Morgan fingerprint density at radius 3 is 2.27 bits per heavy atom. The SMILES string of the molecule is COc1ccccc1SCC1CC(c2ccc(CO)cc2)OC(c2ccc(-c3ccccc3CNC(=O)CCCCCC(=O)NO)cc2)O1. The van der Waals surface area contributed by atoms with Crippen LogP contribution >= 0.6 is 11.8 Å². The molecule has 0 saturated carbocycles. The molecule has 4 aromatic carbocycles. The summed E-state index contributed by atoms with van der Waals surface area (Å²) in [5, 5.41) is 21.2. The highest BCUT2D eigenvalue weighted by Crippen LogP contribution is 2.41. The van der Waals surface area contributed by atoms with Crippen LogP contribution in [0.3, 0.4) is 0 Å². The van der Waals surface area contributed by atoms with Gasteiger partial charge in [-0.15, -0.1) is 11.8 Å².